The van der Waals surface area contributed by atoms with E-state index in [9.17, 15) is 9.59 Å². The minimum absolute atomic E-state index is 0.152. The van der Waals surface area contributed by atoms with Gasteiger partial charge in [-0.1, -0.05) is 13.3 Å². The van der Waals surface area contributed by atoms with Crippen molar-refractivity contribution in [3.8, 4) is 0 Å². The number of alkyl halides is 1. The lowest BCUT2D eigenvalue weighted by Crippen LogP contribution is -2.27. The molecule has 0 heterocycles. The zero-order valence-corrected chi connectivity index (χ0v) is 10.2. The third-order valence-electron chi connectivity index (χ3n) is 1.67. The van der Waals surface area contributed by atoms with E-state index in [1.807, 2.05) is 6.92 Å². The van der Waals surface area contributed by atoms with E-state index in [0.717, 1.165) is 12.8 Å². The molecule has 6 heteroatoms. The summed E-state index contributed by atoms with van der Waals surface area (Å²) >= 11 is 5.32. The van der Waals surface area contributed by atoms with Gasteiger partial charge in [0.1, 0.15) is 6.61 Å². The SMILES string of the molecule is CCCCOC(=O)CCNC(=O)OCCCl. The Labute approximate surface area is 100 Å². The van der Waals surface area contributed by atoms with Crippen LogP contribution in [0.2, 0.25) is 0 Å². The fourth-order valence-corrected chi connectivity index (χ4v) is 0.929. The third-order valence-corrected chi connectivity index (χ3v) is 1.82. The molecule has 0 rings (SSSR count). The highest BCUT2D eigenvalue weighted by Crippen LogP contribution is 1.91. The van der Waals surface area contributed by atoms with Gasteiger partial charge in [0.2, 0.25) is 0 Å². The topological polar surface area (TPSA) is 64.6 Å². The maximum Gasteiger partial charge on any atom is 0.407 e. The fraction of sp³-hybridized carbons (Fsp3) is 0.800. The number of halogens is 1. The molecule has 1 N–H and O–H groups in total. The molecular formula is C10H18ClNO4. The normalized spacial score (nSPS) is 9.62. The monoisotopic (exact) mass is 251 g/mol. The van der Waals surface area contributed by atoms with Gasteiger partial charge in [-0.05, 0) is 6.42 Å². The van der Waals surface area contributed by atoms with Crippen molar-refractivity contribution in [2.45, 2.75) is 26.2 Å². The molecule has 0 spiro atoms. The van der Waals surface area contributed by atoms with E-state index in [4.69, 9.17) is 16.3 Å². The minimum atomic E-state index is -0.568. The maximum atomic E-state index is 11.1. The van der Waals surface area contributed by atoms with E-state index in [1.165, 1.54) is 0 Å². The van der Waals surface area contributed by atoms with E-state index < -0.39 is 6.09 Å². The predicted octanol–water partition coefficient (Wildman–Crippen LogP) is 1.68. The van der Waals surface area contributed by atoms with Crippen LogP contribution >= 0.6 is 11.6 Å². The van der Waals surface area contributed by atoms with Crippen LogP contribution in [0.1, 0.15) is 26.2 Å². The first-order valence-corrected chi connectivity index (χ1v) is 5.86. The second-order valence-electron chi connectivity index (χ2n) is 3.08. The molecule has 0 saturated carbocycles. The van der Waals surface area contributed by atoms with Gasteiger partial charge in [-0.15, -0.1) is 11.6 Å². The molecule has 0 fully saturated rings. The van der Waals surface area contributed by atoms with Crippen molar-refractivity contribution in [2.75, 3.05) is 25.6 Å². The summed E-state index contributed by atoms with van der Waals surface area (Å²) in [4.78, 5) is 22.0. The first-order valence-electron chi connectivity index (χ1n) is 5.33. The molecule has 0 aliphatic heterocycles. The van der Waals surface area contributed by atoms with E-state index >= 15 is 0 Å². The molecule has 0 atom stereocenters. The van der Waals surface area contributed by atoms with Gasteiger partial charge >= 0.3 is 12.1 Å². The number of carbonyl (C=O) groups excluding carboxylic acids is 2. The van der Waals surface area contributed by atoms with Crippen molar-refractivity contribution in [1.82, 2.24) is 5.32 Å². The van der Waals surface area contributed by atoms with Gasteiger partial charge < -0.3 is 14.8 Å². The summed E-state index contributed by atoms with van der Waals surface area (Å²) in [6, 6.07) is 0. The summed E-state index contributed by atoms with van der Waals surface area (Å²) in [6.45, 7) is 2.83. The quantitative estimate of drug-likeness (QED) is 0.405. The number of rotatable bonds is 8. The summed E-state index contributed by atoms with van der Waals surface area (Å²) in [5.74, 6) is -0.0574. The smallest absolute Gasteiger partial charge is 0.407 e. The van der Waals surface area contributed by atoms with Gasteiger partial charge in [0.05, 0.1) is 18.9 Å². The van der Waals surface area contributed by atoms with Crippen molar-refractivity contribution in [2.24, 2.45) is 0 Å². The van der Waals surface area contributed by atoms with Crippen molar-refractivity contribution >= 4 is 23.7 Å². The molecule has 0 bridgehead atoms. The molecule has 5 nitrogen and oxygen atoms in total. The highest BCUT2D eigenvalue weighted by Gasteiger charge is 2.05. The lowest BCUT2D eigenvalue weighted by atomic mass is 10.3. The molecule has 0 radical (unpaired) electrons. The number of alkyl carbamates (subject to hydrolysis) is 1. The van der Waals surface area contributed by atoms with E-state index in [-0.39, 0.29) is 31.4 Å². The summed E-state index contributed by atoms with van der Waals surface area (Å²) in [7, 11) is 0. The standard InChI is InChI=1S/C10H18ClNO4/c1-2-3-7-15-9(13)4-6-12-10(14)16-8-5-11/h2-8H2,1H3,(H,12,14). The average molecular weight is 252 g/mol. The Morgan fingerprint density at radius 2 is 2.00 bits per heavy atom. The number of amides is 1. The average Bonchev–Trinajstić information content (AvgIpc) is 2.26. The zero-order chi connectivity index (χ0) is 12.2. The number of unbranched alkanes of at least 4 members (excludes halogenated alkanes) is 1. The molecule has 0 saturated heterocycles. The molecule has 0 aromatic carbocycles. The molecule has 0 unspecified atom stereocenters. The third kappa shape index (κ3) is 9.58. The molecule has 0 aliphatic carbocycles. The van der Waals surface area contributed by atoms with Gasteiger partial charge in [0.15, 0.2) is 0 Å². The zero-order valence-electron chi connectivity index (χ0n) is 9.46. The Morgan fingerprint density at radius 3 is 2.62 bits per heavy atom. The predicted molar refractivity (Wildman–Crippen MR) is 60.6 cm³/mol. The largest absolute Gasteiger partial charge is 0.466 e. The van der Waals surface area contributed by atoms with Crippen molar-refractivity contribution in [3.05, 3.63) is 0 Å². The van der Waals surface area contributed by atoms with Crippen LogP contribution in [-0.2, 0) is 14.3 Å². The first-order chi connectivity index (χ1) is 7.70. The van der Waals surface area contributed by atoms with Crippen molar-refractivity contribution < 1.29 is 19.1 Å². The van der Waals surface area contributed by atoms with E-state index in [0.29, 0.717) is 6.61 Å². The maximum absolute atomic E-state index is 11.1. The van der Waals surface area contributed by atoms with Crippen molar-refractivity contribution in [3.63, 3.8) is 0 Å². The number of hydrogen-bond acceptors (Lipinski definition) is 4. The Hall–Kier alpha value is -0.970. The van der Waals surface area contributed by atoms with E-state index in [1.54, 1.807) is 0 Å². The number of carbonyl (C=O) groups is 2. The second-order valence-corrected chi connectivity index (χ2v) is 3.45. The molecular weight excluding hydrogens is 234 g/mol. The molecule has 16 heavy (non-hydrogen) atoms. The number of esters is 1. The van der Waals surface area contributed by atoms with Crippen LogP contribution < -0.4 is 5.32 Å². The second kappa shape index (κ2) is 10.5. The van der Waals surface area contributed by atoms with E-state index in [2.05, 4.69) is 10.1 Å². The van der Waals surface area contributed by atoms with Crippen LogP contribution in [0.25, 0.3) is 0 Å². The van der Waals surface area contributed by atoms with Gasteiger partial charge in [-0.3, -0.25) is 4.79 Å². The summed E-state index contributed by atoms with van der Waals surface area (Å²) < 4.78 is 9.53. The Balaban J connectivity index is 3.36. The Kier molecular flexibility index (Phi) is 9.91. The van der Waals surface area contributed by atoms with Gasteiger partial charge in [-0.2, -0.15) is 0 Å². The van der Waals surface area contributed by atoms with Gasteiger partial charge in [-0.25, -0.2) is 4.79 Å². The number of hydrogen-bond donors (Lipinski definition) is 1. The van der Waals surface area contributed by atoms with Crippen LogP contribution in [0.3, 0.4) is 0 Å². The lowest BCUT2D eigenvalue weighted by molar-refractivity contribution is -0.143. The summed E-state index contributed by atoms with van der Waals surface area (Å²) in [6.07, 6.45) is 1.43. The van der Waals surface area contributed by atoms with Crippen LogP contribution in [0.5, 0.6) is 0 Å². The van der Waals surface area contributed by atoms with Crippen LogP contribution in [-0.4, -0.2) is 37.7 Å². The molecule has 0 aliphatic rings. The highest BCUT2D eigenvalue weighted by molar-refractivity contribution is 6.18. The highest BCUT2D eigenvalue weighted by atomic mass is 35.5. The first kappa shape index (κ1) is 15.0. The fourth-order valence-electron chi connectivity index (χ4n) is 0.851. The van der Waals surface area contributed by atoms with Gasteiger partial charge in [0, 0.05) is 6.54 Å². The molecule has 1 amide bonds. The van der Waals surface area contributed by atoms with Crippen LogP contribution in [0.4, 0.5) is 4.79 Å². The summed E-state index contributed by atoms with van der Waals surface area (Å²) in [5, 5.41) is 2.42. The molecule has 94 valence electrons. The number of ether oxygens (including phenoxy) is 2. The number of nitrogens with one attached hydrogen (secondary N) is 1. The van der Waals surface area contributed by atoms with Crippen LogP contribution in [0, 0.1) is 0 Å². The Morgan fingerprint density at radius 1 is 1.25 bits per heavy atom. The molecule has 0 aromatic rings. The molecule has 0 aromatic heterocycles. The lowest BCUT2D eigenvalue weighted by Gasteiger charge is -2.06. The Bertz CT molecular complexity index is 211. The van der Waals surface area contributed by atoms with Crippen LogP contribution in [0.15, 0.2) is 0 Å². The minimum Gasteiger partial charge on any atom is -0.466 e. The summed E-state index contributed by atoms with van der Waals surface area (Å²) in [5.41, 5.74) is 0. The van der Waals surface area contributed by atoms with Crippen molar-refractivity contribution in [1.29, 1.82) is 0 Å². The van der Waals surface area contributed by atoms with Gasteiger partial charge in [0.25, 0.3) is 0 Å².